The minimum atomic E-state index is -2.60. The summed E-state index contributed by atoms with van der Waals surface area (Å²) in [6.45, 7) is 10.5. The molecule has 5 aliphatic rings. The number of phenols is 1. The molecule has 4 aromatic rings. The molecule has 14 nitrogen and oxygen atoms in total. The van der Waals surface area contributed by atoms with Gasteiger partial charge < -0.3 is 29.2 Å². The Morgan fingerprint density at radius 3 is 1.77 bits per heavy atom. The van der Waals surface area contributed by atoms with E-state index in [1.165, 1.54) is 32.5 Å². The fraction of sp³-hybridized carbons (Fsp3) is 0.467. The number of rotatable bonds is 8. The number of aromatic carboxylic acids is 1. The van der Waals surface area contributed by atoms with Gasteiger partial charge in [-0.15, -0.1) is 0 Å². The second-order valence-electron chi connectivity index (χ2n) is 17.7. The van der Waals surface area contributed by atoms with Crippen LogP contribution in [-0.4, -0.2) is 75.9 Å². The smallest absolute Gasteiger partial charge is 0.343 e. The van der Waals surface area contributed by atoms with Crippen LogP contribution in [0.2, 0.25) is 0 Å². The van der Waals surface area contributed by atoms with Crippen LogP contribution in [0, 0.1) is 5.92 Å². The number of carboxylic acid groups (broad SMARTS) is 1. The molecule has 0 amide bonds. The number of pyridine rings is 2. The lowest BCUT2D eigenvalue weighted by Crippen LogP contribution is -2.50. The highest BCUT2D eigenvalue weighted by Gasteiger charge is 2.48. The molecule has 2 aromatic carbocycles. The second-order valence-corrected chi connectivity index (χ2v) is 17.7. The fourth-order valence-electron chi connectivity index (χ4n) is 9.79. The summed E-state index contributed by atoms with van der Waals surface area (Å²) in [4.78, 5) is 49.2. The molecule has 61 heavy (non-hydrogen) atoms. The number of methoxy groups -OCH3 is 2. The molecule has 0 bridgehead atoms. The van der Waals surface area contributed by atoms with Crippen molar-refractivity contribution in [1.29, 1.82) is 0 Å². The van der Waals surface area contributed by atoms with Crippen LogP contribution in [0.4, 0.5) is 8.78 Å². The van der Waals surface area contributed by atoms with Crippen molar-refractivity contribution in [2.45, 2.75) is 102 Å². The maximum atomic E-state index is 13.2. The third kappa shape index (κ3) is 7.02. The van der Waals surface area contributed by atoms with Gasteiger partial charge in [-0.3, -0.25) is 29.0 Å². The van der Waals surface area contributed by atoms with Gasteiger partial charge in [0.25, 0.3) is 0 Å². The zero-order valence-electron chi connectivity index (χ0n) is 35.2. The Bertz CT molecular complexity index is 2580. The van der Waals surface area contributed by atoms with Gasteiger partial charge in [-0.25, -0.2) is 18.4 Å². The second kappa shape index (κ2) is 14.8. The Hall–Kier alpha value is -6.06. The molecular formula is C45H50F2N4O10. The van der Waals surface area contributed by atoms with Gasteiger partial charge >= 0.3 is 11.9 Å². The molecule has 0 unspecified atom stereocenters. The fourth-order valence-corrected chi connectivity index (χ4v) is 9.79. The first-order valence-corrected chi connectivity index (χ1v) is 20.5. The van der Waals surface area contributed by atoms with Gasteiger partial charge in [-0.05, 0) is 95.7 Å². The van der Waals surface area contributed by atoms with Crippen molar-refractivity contribution in [3.8, 4) is 45.5 Å². The molecule has 9 rings (SSSR count). The Morgan fingerprint density at radius 1 is 0.754 bits per heavy atom. The highest BCUT2D eigenvalue weighted by atomic mass is 19.3. The number of aromatic nitrogens is 2. The normalized spacial score (nSPS) is 20.6. The van der Waals surface area contributed by atoms with E-state index in [2.05, 4.69) is 37.7 Å². The van der Waals surface area contributed by atoms with Crippen LogP contribution in [-0.2, 0) is 4.74 Å². The number of alkyl halides is 2. The largest absolute Gasteiger partial charge is 0.504 e. The minimum Gasteiger partial charge on any atom is -0.504 e. The molecule has 2 saturated heterocycles. The van der Waals surface area contributed by atoms with Crippen molar-refractivity contribution in [2.75, 3.05) is 37.5 Å². The average molecular weight is 845 g/mol. The van der Waals surface area contributed by atoms with Crippen LogP contribution in [0.25, 0.3) is 22.5 Å². The van der Waals surface area contributed by atoms with E-state index in [1.807, 2.05) is 10.7 Å². The van der Waals surface area contributed by atoms with Gasteiger partial charge in [0.2, 0.25) is 5.92 Å². The Morgan fingerprint density at radius 2 is 1.26 bits per heavy atom. The van der Waals surface area contributed by atoms with E-state index in [-0.39, 0.29) is 72.0 Å². The summed E-state index contributed by atoms with van der Waals surface area (Å²) in [6, 6.07) is 9.91. The Balaban J connectivity index is 0.000000171. The number of esters is 1. The van der Waals surface area contributed by atoms with Crippen LogP contribution in [0.5, 0.6) is 23.0 Å². The number of nitrogens with zero attached hydrogens (tertiary/aromatic N) is 4. The minimum absolute atomic E-state index is 0.0150. The molecule has 16 heteroatoms. The summed E-state index contributed by atoms with van der Waals surface area (Å²) in [5.41, 5.74) is 3.03. The van der Waals surface area contributed by atoms with Crippen LogP contribution in [0.15, 0.2) is 58.4 Å². The third-order valence-electron chi connectivity index (χ3n) is 12.7. The quantitative estimate of drug-likeness (QED) is 0.172. The zero-order chi connectivity index (χ0) is 43.9. The summed E-state index contributed by atoms with van der Waals surface area (Å²) in [5, 5.41) is 24.1. The number of fused-ring (bicyclic) bond motifs is 12. The highest BCUT2D eigenvalue weighted by Crippen LogP contribution is 2.52. The maximum absolute atomic E-state index is 13.2. The van der Waals surface area contributed by atoms with Crippen LogP contribution >= 0.6 is 0 Å². The number of benzene rings is 2. The lowest BCUT2D eigenvalue weighted by atomic mass is 9.82. The summed E-state index contributed by atoms with van der Waals surface area (Å²) in [6.07, 6.45) is 6.16. The zero-order valence-corrected chi connectivity index (χ0v) is 35.2. The molecule has 2 aromatic heterocycles. The third-order valence-corrected chi connectivity index (χ3v) is 12.7. The molecule has 2 N–H and O–H groups in total. The van der Waals surface area contributed by atoms with E-state index < -0.39 is 28.7 Å². The van der Waals surface area contributed by atoms with Gasteiger partial charge in [0.1, 0.15) is 11.1 Å². The van der Waals surface area contributed by atoms with Gasteiger partial charge in [0.05, 0.1) is 62.0 Å². The van der Waals surface area contributed by atoms with Crippen LogP contribution < -0.4 is 35.1 Å². The average Bonchev–Trinajstić information content (AvgIpc) is 3.70. The number of phenolic OH excluding ortho intramolecular Hbond substituents is 1. The van der Waals surface area contributed by atoms with E-state index in [1.54, 1.807) is 36.0 Å². The molecule has 2 atom stereocenters. The number of hydrogen-bond donors (Lipinski definition) is 2. The Labute approximate surface area is 350 Å². The van der Waals surface area contributed by atoms with Gasteiger partial charge in [0.15, 0.2) is 33.9 Å². The van der Waals surface area contributed by atoms with Crippen LogP contribution in [0.1, 0.15) is 117 Å². The first-order chi connectivity index (χ1) is 28.8. The number of hydrogen-bond acceptors (Lipinski definition) is 11. The van der Waals surface area contributed by atoms with E-state index in [0.29, 0.717) is 28.6 Å². The number of halogens is 2. The summed E-state index contributed by atoms with van der Waals surface area (Å²) in [7, 11) is 2.99. The molecule has 1 aliphatic carbocycles. The van der Waals surface area contributed by atoms with E-state index in [4.69, 9.17) is 18.9 Å². The van der Waals surface area contributed by atoms with Gasteiger partial charge in [0, 0.05) is 54.4 Å². The van der Waals surface area contributed by atoms with Crippen LogP contribution in [0.3, 0.4) is 0 Å². The number of carbonyl (C=O) groups excluding carboxylic acids is 1. The predicted octanol–water partition coefficient (Wildman–Crippen LogP) is 7.18. The van der Waals surface area contributed by atoms with Crippen molar-refractivity contribution >= 4 is 11.9 Å². The number of carboxylic acids is 1. The topological polar surface area (TPSA) is 162 Å². The van der Waals surface area contributed by atoms with Gasteiger partial charge in [-0.2, -0.15) is 0 Å². The van der Waals surface area contributed by atoms with Crippen molar-refractivity contribution in [3.63, 3.8) is 0 Å². The molecule has 4 aliphatic heterocycles. The lowest BCUT2D eigenvalue weighted by Gasteiger charge is -2.44. The number of carbonyl (C=O) groups is 2. The van der Waals surface area contributed by atoms with E-state index in [9.17, 15) is 38.2 Å². The summed E-state index contributed by atoms with van der Waals surface area (Å²) in [5.74, 6) is -3.35. The SMILES string of the molecule is CCOC(=O)c1cn2c(cc1=O)-c1cc(OC)c(O)cc1[C@H]1CCC(C)(C)N12.COc1cc2c(cc1OCC1CC(F)(F)C1)[C@H]1CCC(C)(C)N1n1cc(C(=O)O)c(=O)cc1-2. The monoisotopic (exact) mass is 844 g/mol. The molecule has 0 spiro atoms. The summed E-state index contributed by atoms with van der Waals surface area (Å²) >= 11 is 0. The maximum Gasteiger partial charge on any atom is 0.343 e. The van der Waals surface area contributed by atoms with Crippen molar-refractivity contribution in [3.05, 3.63) is 91.5 Å². The standard InChI is InChI=1S/C24H26F2N2O5.C21H24N2O5/c1-23(2)5-4-17-14-7-21(33-12-13-9-24(25,26)10-13)20(32-3)6-15(14)18-8-19(29)16(22(30)31)11-27(18)28(17)23;1-5-28-20(26)14-11-22-16(10-17(14)24)13-9-19(27-4)18(25)8-12(13)15-6-7-21(2,3)23(15)22/h6-8,11,13,17H,4-5,9-10,12H2,1-3H3,(H,30,31);8-11,15,25H,5-7H2,1-4H3/t17-;15-/m11/s1. The molecule has 3 fully saturated rings. The molecule has 0 radical (unpaired) electrons. The van der Waals surface area contributed by atoms with E-state index in [0.717, 1.165) is 47.9 Å². The first kappa shape index (κ1) is 41.7. The van der Waals surface area contributed by atoms with Crippen molar-refractivity contribution in [2.24, 2.45) is 5.92 Å². The first-order valence-electron chi connectivity index (χ1n) is 20.5. The highest BCUT2D eigenvalue weighted by molar-refractivity contribution is 5.90. The molecule has 1 saturated carbocycles. The molecular weight excluding hydrogens is 795 g/mol. The predicted molar refractivity (Wildman–Crippen MR) is 222 cm³/mol. The number of ether oxygens (including phenoxy) is 4. The number of aromatic hydroxyl groups is 1. The van der Waals surface area contributed by atoms with Crippen molar-refractivity contribution in [1.82, 2.24) is 9.35 Å². The van der Waals surface area contributed by atoms with Crippen molar-refractivity contribution < 1.29 is 47.5 Å². The Kier molecular flexibility index (Phi) is 10.1. The van der Waals surface area contributed by atoms with E-state index >= 15 is 0 Å². The molecule has 324 valence electrons. The summed E-state index contributed by atoms with van der Waals surface area (Å²) < 4.78 is 51.9. The lowest BCUT2D eigenvalue weighted by molar-refractivity contribution is -0.119. The van der Waals surface area contributed by atoms with Gasteiger partial charge in [-0.1, -0.05) is 0 Å². The molecule has 6 heterocycles.